The molecule has 9 heteroatoms. The van der Waals surface area contributed by atoms with Gasteiger partial charge in [-0.15, -0.1) is 0 Å². The van der Waals surface area contributed by atoms with Crippen LogP contribution in [-0.4, -0.2) is 45.0 Å². The van der Waals surface area contributed by atoms with E-state index in [1.165, 1.54) is 13.3 Å². The minimum absolute atomic E-state index is 0.197. The second kappa shape index (κ2) is 15.7. The van der Waals surface area contributed by atoms with E-state index < -0.39 is 11.9 Å². The second-order valence-corrected chi connectivity index (χ2v) is 8.43. The Morgan fingerprint density at radius 2 is 1.44 bits per heavy atom. The van der Waals surface area contributed by atoms with Crippen LogP contribution in [0.15, 0.2) is 71.8 Å². The third-order valence-corrected chi connectivity index (χ3v) is 5.32. The zero-order valence-electron chi connectivity index (χ0n) is 22.5. The number of methoxy groups -OCH3 is 1. The first-order chi connectivity index (χ1) is 19.0. The third-order valence-electron chi connectivity index (χ3n) is 5.32. The van der Waals surface area contributed by atoms with E-state index in [2.05, 4.69) is 17.5 Å². The molecule has 0 aliphatic carbocycles. The highest BCUT2D eigenvalue weighted by Crippen LogP contribution is 2.28. The molecule has 0 bridgehead atoms. The number of carbonyl (C=O) groups excluding carboxylic acids is 2. The quantitative estimate of drug-likeness (QED) is 0.0914. The highest BCUT2D eigenvalue weighted by Gasteiger charge is 2.13. The summed E-state index contributed by atoms with van der Waals surface area (Å²) in [5.41, 5.74) is 3.43. The number of nitrogens with one attached hydrogen (secondary N) is 1. The summed E-state index contributed by atoms with van der Waals surface area (Å²) >= 11 is 0. The molecule has 1 amide bonds. The Bertz CT molecular complexity index is 1230. The lowest BCUT2D eigenvalue weighted by atomic mass is 10.2. The smallest absolute Gasteiger partial charge is 0.343 e. The molecule has 1 N–H and O–H groups in total. The molecule has 0 saturated carbocycles. The van der Waals surface area contributed by atoms with Crippen LogP contribution in [0.1, 0.15) is 49.0 Å². The summed E-state index contributed by atoms with van der Waals surface area (Å²) in [5.74, 6) is 1.65. The molecule has 0 heterocycles. The van der Waals surface area contributed by atoms with E-state index in [1.54, 1.807) is 66.7 Å². The third kappa shape index (κ3) is 9.70. The molecular weight excluding hydrogens is 500 g/mol. The van der Waals surface area contributed by atoms with Crippen LogP contribution in [0.2, 0.25) is 0 Å². The molecule has 0 fully saturated rings. The average Bonchev–Trinajstić information content (AvgIpc) is 2.96. The molecule has 0 spiro atoms. The molecule has 0 atom stereocenters. The molecule has 3 rings (SSSR count). The lowest BCUT2D eigenvalue weighted by Crippen LogP contribution is -2.24. The maximum atomic E-state index is 12.6. The van der Waals surface area contributed by atoms with Crippen molar-refractivity contribution >= 4 is 18.1 Å². The average molecular weight is 535 g/mol. The van der Waals surface area contributed by atoms with Crippen LogP contribution in [0.25, 0.3) is 0 Å². The molecule has 0 radical (unpaired) electrons. The van der Waals surface area contributed by atoms with E-state index in [-0.39, 0.29) is 12.4 Å². The van der Waals surface area contributed by atoms with E-state index in [9.17, 15) is 9.59 Å². The van der Waals surface area contributed by atoms with E-state index in [0.717, 1.165) is 25.0 Å². The summed E-state index contributed by atoms with van der Waals surface area (Å²) in [6.45, 7) is 5.21. The minimum atomic E-state index is -0.525. The van der Waals surface area contributed by atoms with E-state index >= 15 is 0 Å². The van der Waals surface area contributed by atoms with Crippen molar-refractivity contribution in [2.75, 3.05) is 26.9 Å². The molecule has 206 valence electrons. The highest BCUT2D eigenvalue weighted by atomic mass is 16.6. The molecule has 0 unspecified atom stereocenters. The van der Waals surface area contributed by atoms with Gasteiger partial charge in [0.1, 0.15) is 17.2 Å². The van der Waals surface area contributed by atoms with Gasteiger partial charge in [0.2, 0.25) is 0 Å². The Morgan fingerprint density at radius 1 is 0.795 bits per heavy atom. The predicted molar refractivity (Wildman–Crippen MR) is 148 cm³/mol. The minimum Gasteiger partial charge on any atom is -0.494 e. The zero-order valence-corrected chi connectivity index (χ0v) is 22.5. The Labute approximate surface area is 228 Å². The number of ether oxygens (including phenoxy) is 5. The van der Waals surface area contributed by atoms with Crippen molar-refractivity contribution in [1.29, 1.82) is 0 Å². The van der Waals surface area contributed by atoms with Crippen molar-refractivity contribution in [3.63, 3.8) is 0 Å². The number of benzene rings is 3. The molecule has 9 nitrogen and oxygen atoms in total. The number of rotatable bonds is 15. The van der Waals surface area contributed by atoms with E-state index in [1.807, 2.05) is 6.92 Å². The molecule has 0 saturated heterocycles. The number of amides is 1. The summed E-state index contributed by atoms with van der Waals surface area (Å²) in [7, 11) is 1.47. The monoisotopic (exact) mass is 534 g/mol. The number of esters is 1. The van der Waals surface area contributed by atoms with Gasteiger partial charge in [0.15, 0.2) is 18.1 Å². The molecule has 0 aromatic heterocycles. The summed E-state index contributed by atoms with van der Waals surface area (Å²) in [6.07, 6.45) is 4.41. The van der Waals surface area contributed by atoms with E-state index in [4.69, 9.17) is 23.7 Å². The van der Waals surface area contributed by atoms with Crippen molar-refractivity contribution in [2.24, 2.45) is 5.10 Å². The number of hydrazone groups is 1. The lowest BCUT2D eigenvalue weighted by Gasteiger charge is -2.10. The van der Waals surface area contributed by atoms with Gasteiger partial charge in [-0.2, -0.15) is 5.10 Å². The molecule has 0 aliphatic heterocycles. The molecule has 39 heavy (non-hydrogen) atoms. The fourth-order valence-electron chi connectivity index (χ4n) is 3.24. The number of hydrogen-bond acceptors (Lipinski definition) is 8. The molecular formula is C30H34N2O7. The topological polar surface area (TPSA) is 105 Å². The molecule has 3 aromatic rings. The van der Waals surface area contributed by atoms with Gasteiger partial charge >= 0.3 is 5.97 Å². The Kier molecular flexibility index (Phi) is 11.7. The fraction of sp³-hybridized carbons (Fsp3) is 0.300. The largest absolute Gasteiger partial charge is 0.494 e. The van der Waals surface area contributed by atoms with Crippen molar-refractivity contribution in [3.8, 4) is 28.7 Å². The first-order valence-electron chi connectivity index (χ1n) is 12.8. The number of nitrogens with zero attached hydrogens (tertiary/aromatic N) is 1. The van der Waals surface area contributed by atoms with Crippen LogP contribution in [0.3, 0.4) is 0 Å². The standard InChI is InChI=1S/C30H34N2O7/c1-4-6-18-37-25-12-14-26(15-13-25)38-21-29(33)32-31-20-22-7-16-27(28(19-22)35-3)39-30(34)23-8-10-24(11-9-23)36-17-5-2/h7-16,19-20H,4-6,17-18,21H2,1-3H3,(H,32,33)/b31-20+. The van der Waals surface area contributed by atoms with Crippen molar-refractivity contribution < 1.29 is 33.3 Å². The van der Waals surface area contributed by atoms with Crippen LogP contribution >= 0.6 is 0 Å². The summed E-state index contributed by atoms with van der Waals surface area (Å²) in [6, 6.07) is 18.7. The Morgan fingerprint density at radius 3 is 2.08 bits per heavy atom. The van der Waals surface area contributed by atoms with Gasteiger partial charge in [0.25, 0.3) is 5.91 Å². The van der Waals surface area contributed by atoms with Crippen molar-refractivity contribution in [2.45, 2.75) is 33.1 Å². The summed E-state index contributed by atoms with van der Waals surface area (Å²) < 4.78 is 27.5. The molecule has 0 aliphatic rings. The van der Waals surface area contributed by atoms with E-state index in [0.29, 0.717) is 41.6 Å². The van der Waals surface area contributed by atoms with Gasteiger partial charge < -0.3 is 23.7 Å². The fourth-order valence-corrected chi connectivity index (χ4v) is 3.24. The van der Waals surface area contributed by atoms with Gasteiger partial charge in [-0.3, -0.25) is 4.79 Å². The predicted octanol–water partition coefficient (Wildman–Crippen LogP) is 5.41. The summed E-state index contributed by atoms with van der Waals surface area (Å²) in [5, 5.41) is 3.95. The van der Waals surface area contributed by atoms with Crippen LogP contribution in [0, 0.1) is 0 Å². The summed E-state index contributed by atoms with van der Waals surface area (Å²) in [4.78, 5) is 24.7. The maximum absolute atomic E-state index is 12.6. The first kappa shape index (κ1) is 29.0. The van der Waals surface area contributed by atoms with Gasteiger partial charge in [0.05, 0.1) is 32.1 Å². The van der Waals surface area contributed by atoms with Crippen molar-refractivity contribution in [1.82, 2.24) is 5.43 Å². The maximum Gasteiger partial charge on any atom is 0.343 e. The number of hydrogen-bond donors (Lipinski definition) is 1. The van der Waals surface area contributed by atoms with Crippen LogP contribution < -0.4 is 29.1 Å². The van der Waals surface area contributed by atoms with Crippen molar-refractivity contribution in [3.05, 3.63) is 77.9 Å². The van der Waals surface area contributed by atoms with Gasteiger partial charge in [-0.25, -0.2) is 10.2 Å². The van der Waals surface area contributed by atoms with Crippen LogP contribution in [0.4, 0.5) is 0 Å². The Hall–Kier alpha value is -4.53. The van der Waals surface area contributed by atoms with Crippen LogP contribution in [-0.2, 0) is 4.79 Å². The first-order valence-corrected chi connectivity index (χ1v) is 12.8. The van der Waals surface area contributed by atoms with Gasteiger partial charge in [-0.1, -0.05) is 20.3 Å². The SMILES string of the molecule is CCCCOc1ccc(OCC(=O)N/N=C/c2ccc(OC(=O)c3ccc(OCCC)cc3)c(OC)c2)cc1. The van der Waals surface area contributed by atoms with Gasteiger partial charge in [-0.05, 0) is 85.1 Å². The molecule has 3 aromatic carbocycles. The lowest BCUT2D eigenvalue weighted by molar-refractivity contribution is -0.123. The Balaban J connectivity index is 1.48. The van der Waals surface area contributed by atoms with Crippen LogP contribution in [0.5, 0.6) is 28.7 Å². The normalized spacial score (nSPS) is 10.6. The zero-order chi connectivity index (χ0) is 27.9. The highest BCUT2D eigenvalue weighted by molar-refractivity contribution is 5.92. The number of carbonyl (C=O) groups is 2. The number of unbranched alkanes of at least 4 members (excludes halogenated alkanes) is 1. The second-order valence-electron chi connectivity index (χ2n) is 8.43. The van der Waals surface area contributed by atoms with Gasteiger partial charge in [0, 0.05) is 0 Å².